The number of nitrogen functional groups attached to an aromatic ring is 1. The van der Waals surface area contributed by atoms with E-state index in [0.29, 0.717) is 12.2 Å². The van der Waals surface area contributed by atoms with Gasteiger partial charge in [-0.2, -0.15) is 8.42 Å². The molecule has 0 bridgehead atoms. The van der Waals surface area contributed by atoms with Crippen LogP contribution in [-0.2, 0) is 16.4 Å². The fraction of sp³-hybridized carbons (Fsp3) is 0.214. The van der Waals surface area contributed by atoms with Crippen molar-refractivity contribution in [2.75, 3.05) is 16.3 Å². The van der Waals surface area contributed by atoms with Gasteiger partial charge in [0.05, 0.1) is 11.4 Å². The second kappa shape index (κ2) is 5.34. The summed E-state index contributed by atoms with van der Waals surface area (Å²) in [6.45, 7) is 0.444. The maximum Gasteiger partial charge on any atom is 0.283 e. The van der Waals surface area contributed by atoms with Gasteiger partial charge in [0.2, 0.25) is 5.03 Å². The number of nitrogens with two attached hydrogens (primary N) is 1. The van der Waals surface area contributed by atoms with Gasteiger partial charge < -0.3 is 5.43 Å². The number of hydrazine groups is 1. The fourth-order valence-electron chi connectivity index (χ4n) is 2.56. The predicted octanol–water partition coefficient (Wildman–Crippen LogP) is 1.51. The quantitative estimate of drug-likeness (QED) is 0.663. The molecule has 7 heteroatoms. The van der Waals surface area contributed by atoms with E-state index in [-0.39, 0.29) is 5.03 Å². The zero-order valence-corrected chi connectivity index (χ0v) is 12.2. The molecule has 6 nitrogen and oxygen atoms in total. The topological polar surface area (TPSA) is 88.3 Å². The largest absolute Gasteiger partial charge is 0.321 e. The van der Waals surface area contributed by atoms with E-state index >= 15 is 0 Å². The van der Waals surface area contributed by atoms with Gasteiger partial charge >= 0.3 is 0 Å². The maximum absolute atomic E-state index is 12.9. The number of nitrogens with zero attached hydrogens (tertiary/aromatic N) is 2. The number of anilines is 2. The first kappa shape index (κ1) is 13.8. The van der Waals surface area contributed by atoms with Gasteiger partial charge in [-0.1, -0.05) is 18.2 Å². The van der Waals surface area contributed by atoms with Gasteiger partial charge in [0, 0.05) is 12.7 Å². The molecule has 0 aliphatic carbocycles. The summed E-state index contributed by atoms with van der Waals surface area (Å²) < 4.78 is 27.2. The van der Waals surface area contributed by atoms with Crippen LogP contribution in [0.25, 0.3) is 0 Å². The molecule has 1 aliphatic heterocycles. The molecule has 3 N–H and O–H groups in total. The molecule has 1 aromatic carbocycles. The maximum atomic E-state index is 12.9. The first-order chi connectivity index (χ1) is 10.1. The lowest BCUT2D eigenvalue weighted by Crippen LogP contribution is -2.36. The highest BCUT2D eigenvalue weighted by Crippen LogP contribution is 2.32. The number of hydrogen-bond donors (Lipinski definition) is 2. The number of benzene rings is 1. The molecule has 110 valence electrons. The van der Waals surface area contributed by atoms with Crippen LogP contribution < -0.4 is 15.6 Å². The molecule has 21 heavy (non-hydrogen) atoms. The van der Waals surface area contributed by atoms with Crippen molar-refractivity contribution in [1.29, 1.82) is 0 Å². The van der Waals surface area contributed by atoms with Crippen molar-refractivity contribution in [2.45, 2.75) is 17.9 Å². The number of hydrogen-bond acceptors (Lipinski definition) is 5. The lowest BCUT2D eigenvalue weighted by atomic mass is 10.0. The summed E-state index contributed by atoms with van der Waals surface area (Å²) in [5.74, 6) is 5.40. The van der Waals surface area contributed by atoms with Gasteiger partial charge in [-0.3, -0.25) is 10.1 Å². The molecule has 1 aliphatic rings. The Morgan fingerprint density at radius 1 is 1.19 bits per heavy atom. The summed E-state index contributed by atoms with van der Waals surface area (Å²) in [5, 5.41) is -0.0517. The lowest BCUT2D eigenvalue weighted by molar-refractivity contribution is 0.583. The summed E-state index contributed by atoms with van der Waals surface area (Å²) in [6.07, 6.45) is 3.12. The molecule has 0 saturated carbocycles. The summed E-state index contributed by atoms with van der Waals surface area (Å²) in [5.41, 5.74) is 4.44. The van der Waals surface area contributed by atoms with E-state index in [1.54, 1.807) is 12.1 Å². The predicted molar refractivity (Wildman–Crippen MR) is 81.3 cm³/mol. The smallest absolute Gasteiger partial charge is 0.283 e. The van der Waals surface area contributed by atoms with Crippen molar-refractivity contribution in [3.05, 3.63) is 48.2 Å². The minimum Gasteiger partial charge on any atom is -0.321 e. The average Bonchev–Trinajstić information content (AvgIpc) is 2.54. The highest BCUT2D eigenvalue weighted by molar-refractivity contribution is 7.92. The van der Waals surface area contributed by atoms with E-state index in [1.807, 2.05) is 24.3 Å². The van der Waals surface area contributed by atoms with Crippen LogP contribution in [0.15, 0.2) is 47.6 Å². The van der Waals surface area contributed by atoms with Gasteiger partial charge in [-0.05, 0) is 36.6 Å². The molecule has 0 spiro atoms. The Hall–Kier alpha value is -2.12. The van der Waals surface area contributed by atoms with Crippen molar-refractivity contribution in [1.82, 2.24) is 4.98 Å². The van der Waals surface area contributed by atoms with Crippen molar-refractivity contribution in [3.63, 3.8) is 0 Å². The van der Waals surface area contributed by atoms with Gasteiger partial charge in [-0.15, -0.1) is 0 Å². The molecule has 0 amide bonds. The number of para-hydroxylation sites is 1. The van der Waals surface area contributed by atoms with E-state index in [2.05, 4.69) is 10.4 Å². The first-order valence-corrected chi connectivity index (χ1v) is 8.11. The van der Waals surface area contributed by atoms with E-state index in [9.17, 15) is 8.42 Å². The van der Waals surface area contributed by atoms with E-state index in [4.69, 9.17) is 5.84 Å². The zero-order chi connectivity index (χ0) is 14.9. The molecule has 0 unspecified atom stereocenters. The molecule has 3 rings (SSSR count). The normalized spacial score (nSPS) is 14.6. The van der Waals surface area contributed by atoms with Gasteiger partial charge in [-0.25, -0.2) is 4.98 Å². The number of fused-ring (bicyclic) bond motifs is 1. The molecular weight excluding hydrogens is 288 g/mol. The van der Waals surface area contributed by atoms with Crippen molar-refractivity contribution in [3.8, 4) is 0 Å². The SMILES string of the molecule is NNc1cccnc1S(=O)(=O)N1CCCc2ccccc21. The molecule has 2 heterocycles. The van der Waals surface area contributed by atoms with Crippen LogP contribution in [-0.4, -0.2) is 19.9 Å². The van der Waals surface area contributed by atoms with Crippen LogP contribution in [0, 0.1) is 0 Å². The van der Waals surface area contributed by atoms with Crippen LogP contribution in [0.3, 0.4) is 0 Å². The third-order valence-corrected chi connectivity index (χ3v) is 5.30. The van der Waals surface area contributed by atoms with Crippen LogP contribution in [0.5, 0.6) is 0 Å². The molecule has 1 aromatic heterocycles. The van der Waals surface area contributed by atoms with E-state index < -0.39 is 10.0 Å². The Morgan fingerprint density at radius 2 is 2.00 bits per heavy atom. The van der Waals surface area contributed by atoms with Crippen molar-refractivity contribution >= 4 is 21.4 Å². The monoisotopic (exact) mass is 304 g/mol. The van der Waals surface area contributed by atoms with Gasteiger partial charge in [0.1, 0.15) is 0 Å². The second-order valence-electron chi connectivity index (χ2n) is 4.81. The number of sulfonamides is 1. The van der Waals surface area contributed by atoms with Crippen molar-refractivity contribution < 1.29 is 8.42 Å². The van der Waals surface area contributed by atoms with Crippen molar-refractivity contribution in [2.24, 2.45) is 5.84 Å². The van der Waals surface area contributed by atoms with Gasteiger partial charge in [0.25, 0.3) is 10.0 Å². The third-order valence-electron chi connectivity index (χ3n) is 3.53. The Kier molecular flexibility index (Phi) is 3.52. The van der Waals surface area contributed by atoms with Crippen LogP contribution in [0.1, 0.15) is 12.0 Å². The third kappa shape index (κ3) is 2.34. The lowest BCUT2D eigenvalue weighted by Gasteiger charge is -2.30. The number of nitrogens with one attached hydrogen (secondary N) is 1. The highest BCUT2D eigenvalue weighted by atomic mass is 32.2. The standard InChI is InChI=1S/C14H16N4O2S/c15-17-12-7-3-9-16-14(12)21(19,20)18-10-4-6-11-5-1-2-8-13(11)18/h1-3,5,7-9,17H,4,6,10,15H2. The van der Waals surface area contributed by atoms with Crippen LogP contribution >= 0.6 is 0 Å². The molecule has 0 saturated heterocycles. The minimum atomic E-state index is -3.74. The van der Waals surface area contributed by atoms with E-state index in [0.717, 1.165) is 24.1 Å². The van der Waals surface area contributed by atoms with Gasteiger partial charge in [0.15, 0.2) is 0 Å². The van der Waals surface area contributed by atoms with Crippen LogP contribution in [0.4, 0.5) is 11.4 Å². The number of rotatable bonds is 3. The Balaban J connectivity index is 2.12. The fourth-order valence-corrected chi connectivity index (χ4v) is 4.17. The molecule has 0 fully saturated rings. The molecular formula is C14H16N4O2S. The number of aryl methyl sites for hydroxylation is 1. The molecule has 0 radical (unpaired) electrons. The summed E-state index contributed by atoms with van der Waals surface area (Å²) in [4.78, 5) is 4.00. The first-order valence-electron chi connectivity index (χ1n) is 6.67. The molecule has 2 aromatic rings. The number of aromatic nitrogens is 1. The Bertz CT molecular complexity index is 761. The average molecular weight is 304 g/mol. The van der Waals surface area contributed by atoms with Crippen LogP contribution in [0.2, 0.25) is 0 Å². The Morgan fingerprint density at radius 3 is 2.81 bits per heavy atom. The summed E-state index contributed by atoms with van der Waals surface area (Å²) in [7, 11) is -3.74. The highest BCUT2D eigenvalue weighted by Gasteiger charge is 2.31. The summed E-state index contributed by atoms with van der Waals surface area (Å²) >= 11 is 0. The molecule has 0 atom stereocenters. The Labute approximate surface area is 123 Å². The zero-order valence-electron chi connectivity index (χ0n) is 11.4. The number of pyridine rings is 1. The summed E-state index contributed by atoms with van der Waals surface area (Å²) in [6, 6.07) is 10.8. The minimum absolute atomic E-state index is 0.0517. The second-order valence-corrected chi connectivity index (χ2v) is 6.59. The van der Waals surface area contributed by atoms with E-state index in [1.165, 1.54) is 10.5 Å².